The molecule has 1 aromatic rings. The summed E-state index contributed by atoms with van der Waals surface area (Å²) in [5.74, 6) is 1.36. The molecule has 1 heteroatoms. The van der Waals surface area contributed by atoms with Gasteiger partial charge < -0.3 is 5.11 Å². The standard InChI is InChI=1S/C13H18O/c1-10(14)13-9-12(13)8-7-11-5-3-2-4-6-11/h2-6,10,12-14H,7-9H2,1H3/t10-,12-,13+/m0/s1. The largest absolute Gasteiger partial charge is 0.393 e. The Balaban J connectivity index is 1.75. The Kier molecular flexibility index (Phi) is 2.87. The number of aliphatic hydroxyl groups is 1. The molecule has 0 aromatic heterocycles. The van der Waals surface area contributed by atoms with E-state index in [9.17, 15) is 5.11 Å². The molecule has 14 heavy (non-hydrogen) atoms. The fraction of sp³-hybridized carbons (Fsp3) is 0.538. The summed E-state index contributed by atoms with van der Waals surface area (Å²) >= 11 is 0. The van der Waals surface area contributed by atoms with Gasteiger partial charge in [-0.15, -0.1) is 0 Å². The summed E-state index contributed by atoms with van der Waals surface area (Å²) in [4.78, 5) is 0. The normalized spacial score (nSPS) is 27.3. The number of aliphatic hydroxyl groups excluding tert-OH is 1. The predicted molar refractivity (Wildman–Crippen MR) is 58.0 cm³/mol. The van der Waals surface area contributed by atoms with Gasteiger partial charge in [0, 0.05) is 0 Å². The second kappa shape index (κ2) is 4.14. The number of hydrogen-bond acceptors (Lipinski definition) is 1. The minimum atomic E-state index is -0.101. The van der Waals surface area contributed by atoms with Crippen molar-refractivity contribution in [3.8, 4) is 0 Å². The second-order valence-corrected chi connectivity index (χ2v) is 4.42. The quantitative estimate of drug-likeness (QED) is 0.774. The van der Waals surface area contributed by atoms with Crippen molar-refractivity contribution < 1.29 is 5.11 Å². The van der Waals surface area contributed by atoms with Crippen molar-refractivity contribution in [3.63, 3.8) is 0 Å². The highest BCUT2D eigenvalue weighted by molar-refractivity contribution is 5.15. The third-order valence-electron chi connectivity index (χ3n) is 3.24. The molecule has 1 N–H and O–H groups in total. The fourth-order valence-electron chi connectivity index (χ4n) is 2.19. The molecule has 0 bridgehead atoms. The van der Waals surface area contributed by atoms with E-state index in [0.717, 1.165) is 12.3 Å². The van der Waals surface area contributed by atoms with Crippen molar-refractivity contribution in [3.05, 3.63) is 35.9 Å². The lowest BCUT2D eigenvalue weighted by Crippen LogP contribution is -2.04. The first-order valence-electron chi connectivity index (χ1n) is 5.49. The van der Waals surface area contributed by atoms with Gasteiger partial charge in [0.1, 0.15) is 0 Å². The summed E-state index contributed by atoms with van der Waals surface area (Å²) < 4.78 is 0. The molecule has 1 saturated carbocycles. The summed E-state index contributed by atoms with van der Waals surface area (Å²) in [6.07, 6.45) is 3.52. The molecule has 0 heterocycles. The lowest BCUT2D eigenvalue weighted by molar-refractivity contribution is 0.163. The SMILES string of the molecule is C[C@H](O)[C@H]1C[C@@H]1CCc1ccccc1. The van der Waals surface area contributed by atoms with E-state index in [2.05, 4.69) is 30.3 Å². The smallest absolute Gasteiger partial charge is 0.0543 e. The Labute approximate surface area is 85.8 Å². The second-order valence-electron chi connectivity index (χ2n) is 4.42. The van der Waals surface area contributed by atoms with Gasteiger partial charge >= 0.3 is 0 Å². The number of hydrogen-bond donors (Lipinski definition) is 1. The zero-order valence-electron chi connectivity index (χ0n) is 8.69. The summed E-state index contributed by atoms with van der Waals surface area (Å²) in [5, 5.41) is 9.36. The minimum absolute atomic E-state index is 0.101. The van der Waals surface area contributed by atoms with Crippen LogP contribution in [0.5, 0.6) is 0 Å². The monoisotopic (exact) mass is 190 g/mol. The Morgan fingerprint density at radius 2 is 2.07 bits per heavy atom. The van der Waals surface area contributed by atoms with Gasteiger partial charge in [0.25, 0.3) is 0 Å². The molecule has 0 radical (unpaired) electrons. The van der Waals surface area contributed by atoms with E-state index in [-0.39, 0.29) is 6.10 Å². The van der Waals surface area contributed by atoms with Crippen LogP contribution in [-0.2, 0) is 6.42 Å². The van der Waals surface area contributed by atoms with E-state index < -0.39 is 0 Å². The summed E-state index contributed by atoms with van der Waals surface area (Å²) in [5.41, 5.74) is 1.42. The van der Waals surface area contributed by atoms with E-state index >= 15 is 0 Å². The molecule has 1 fully saturated rings. The van der Waals surface area contributed by atoms with Crippen LogP contribution in [0.2, 0.25) is 0 Å². The molecule has 1 nitrogen and oxygen atoms in total. The van der Waals surface area contributed by atoms with Crippen LogP contribution < -0.4 is 0 Å². The van der Waals surface area contributed by atoms with Crippen LogP contribution in [0.4, 0.5) is 0 Å². The average Bonchev–Trinajstić information content (AvgIpc) is 2.96. The molecule has 0 amide bonds. The number of aryl methyl sites for hydroxylation is 1. The van der Waals surface area contributed by atoms with E-state index in [1.165, 1.54) is 18.4 Å². The summed E-state index contributed by atoms with van der Waals surface area (Å²) in [6.45, 7) is 1.91. The molecule has 0 saturated heterocycles. The van der Waals surface area contributed by atoms with Crippen molar-refractivity contribution in [1.29, 1.82) is 0 Å². The zero-order valence-corrected chi connectivity index (χ0v) is 8.69. The maximum atomic E-state index is 9.36. The maximum absolute atomic E-state index is 9.36. The maximum Gasteiger partial charge on any atom is 0.0543 e. The molecule has 3 atom stereocenters. The minimum Gasteiger partial charge on any atom is -0.393 e. The van der Waals surface area contributed by atoms with Gasteiger partial charge in [0.05, 0.1) is 6.10 Å². The lowest BCUT2D eigenvalue weighted by atomic mass is 10.1. The summed E-state index contributed by atoms with van der Waals surface area (Å²) in [7, 11) is 0. The highest BCUT2D eigenvalue weighted by atomic mass is 16.3. The van der Waals surface area contributed by atoms with Gasteiger partial charge in [-0.25, -0.2) is 0 Å². The van der Waals surface area contributed by atoms with Gasteiger partial charge in [0.2, 0.25) is 0 Å². The van der Waals surface area contributed by atoms with Crippen molar-refractivity contribution in [2.24, 2.45) is 11.8 Å². The molecule has 1 aromatic carbocycles. The first-order chi connectivity index (χ1) is 6.77. The van der Waals surface area contributed by atoms with Crippen LogP contribution in [0.25, 0.3) is 0 Å². The lowest BCUT2D eigenvalue weighted by Gasteiger charge is -2.03. The van der Waals surface area contributed by atoms with Crippen LogP contribution in [0.3, 0.4) is 0 Å². The van der Waals surface area contributed by atoms with Crippen molar-refractivity contribution in [2.75, 3.05) is 0 Å². The fourth-order valence-corrected chi connectivity index (χ4v) is 2.19. The molecule has 1 aliphatic rings. The van der Waals surface area contributed by atoms with Gasteiger partial charge in [-0.3, -0.25) is 0 Å². The molecule has 0 spiro atoms. The molecular weight excluding hydrogens is 172 g/mol. The van der Waals surface area contributed by atoms with Crippen molar-refractivity contribution in [1.82, 2.24) is 0 Å². The molecule has 0 aliphatic heterocycles. The number of benzene rings is 1. The Bertz CT molecular complexity index is 279. The highest BCUT2D eigenvalue weighted by Gasteiger charge is 2.39. The van der Waals surface area contributed by atoms with E-state index in [0.29, 0.717) is 5.92 Å². The Morgan fingerprint density at radius 3 is 2.64 bits per heavy atom. The molecule has 76 valence electrons. The summed E-state index contributed by atoms with van der Waals surface area (Å²) in [6, 6.07) is 10.6. The third-order valence-corrected chi connectivity index (χ3v) is 3.24. The zero-order chi connectivity index (χ0) is 9.97. The predicted octanol–water partition coefficient (Wildman–Crippen LogP) is 2.64. The third kappa shape index (κ3) is 2.36. The van der Waals surface area contributed by atoms with Gasteiger partial charge in [0.15, 0.2) is 0 Å². The first-order valence-corrected chi connectivity index (χ1v) is 5.49. The Morgan fingerprint density at radius 1 is 1.36 bits per heavy atom. The highest BCUT2D eigenvalue weighted by Crippen LogP contribution is 2.44. The molecule has 2 rings (SSSR count). The van der Waals surface area contributed by atoms with Crippen LogP contribution in [0.15, 0.2) is 30.3 Å². The molecule has 0 unspecified atom stereocenters. The van der Waals surface area contributed by atoms with Crippen LogP contribution in [0, 0.1) is 11.8 Å². The average molecular weight is 190 g/mol. The van der Waals surface area contributed by atoms with Crippen LogP contribution in [-0.4, -0.2) is 11.2 Å². The Hall–Kier alpha value is -0.820. The number of rotatable bonds is 4. The van der Waals surface area contributed by atoms with Crippen molar-refractivity contribution in [2.45, 2.75) is 32.3 Å². The van der Waals surface area contributed by atoms with Crippen LogP contribution in [0.1, 0.15) is 25.3 Å². The van der Waals surface area contributed by atoms with E-state index in [1.54, 1.807) is 0 Å². The molecule has 1 aliphatic carbocycles. The first kappa shape index (κ1) is 9.72. The van der Waals surface area contributed by atoms with Crippen LogP contribution >= 0.6 is 0 Å². The molecular formula is C13H18O. The topological polar surface area (TPSA) is 20.2 Å². The van der Waals surface area contributed by atoms with Gasteiger partial charge in [-0.1, -0.05) is 30.3 Å². The van der Waals surface area contributed by atoms with E-state index in [1.807, 2.05) is 6.92 Å². The van der Waals surface area contributed by atoms with Gasteiger partial charge in [-0.2, -0.15) is 0 Å². The van der Waals surface area contributed by atoms with Crippen molar-refractivity contribution >= 4 is 0 Å². The van der Waals surface area contributed by atoms with Gasteiger partial charge in [-0.05, 0) is 43.6 Å². The van der Waals surface area contributed by atoms with E-state index in [4.69, 9.17) is 0 Å².